The van der Waals surface area contributed by atoms with Crippen LogP contribution in [0.2, 0.25) is 0 Å². The fraction of sp³-hybridized carbons (Fsp3) is 0.870. The van der Waals surface area contributed by atoms with E-state index < -0.39 is 5.54 Å². The zero-order valence-corrected chi connectivity index (χ0v) is 18.5. The number of likely N-dealkylation sites (N-methyl/N-ethyl adjacent to an activating group) is 1. The van der Waals surface area contributed by atoms with E-state index in [-0.39, 0.29) is 23.8 Å². The number of nitrogens with zero attached hydrogens (tertiary/aromatic N) is 1. The molecule has 0 bridgehead atoms. The molecule has 2 saturated heterocycles. The summed E-state index contributed by atoms with van der Waals surface area (Å²) < 4.78 is 0. The second-order valence-electron chi connectivity index (χ2n) is 10.2. The molecule has 2 saturated carbocycles. The smallest absolute Gasteiger partial charge is 0.254 e. The molecular weight excluding hydrogens is 378 g/mol. The number of nitrogens with one attached hydrogen (secondary N) is 4. The summed E-state index contributed by atoms with van der Waals surface area (Å²) in [6.45, 7) is 0.768. The Balaban J connectivity index is 1.40. The van der Waals surface area contributed by atoms with Crippen molar-refractivity contribution in [2.24, 2.45) is 11.8 Å². The first kappa shape index (κ1) is 21.6. The highest BCUT2D eigenvalue weighted by molar-refractivity contribution is 6.07. The Morgan fingerprint density at radius 2 is 1.83 bits per heavy atom. The Kier molecular flexibility index (Phi) is 6.66. The lowest BCUT2D eigenvalue weighted by molar-refractivity contribution is -0.131. The van der Waals surface area contributed by atoms with Gasteiger partial charge >= 0.3 is 0 Å². The lowest BCUT2D eigenvalue weighted by Crippen LogP contribution is -2.50. The molecule has 0 aromatic carbocycles. The van der Waals surface area contributed by atoms with Gasteiger partial charge in [0.05, 0.1) is 6.04 Å². The van der Waals surface area contributed by atoms with Crippen LogP contribution in [0.4, 0.5) is 0 Å². The molecule has 0 unspecified atom stereocenters. The average molecular weight is 418 g/mol. The molecule has 7 nitrogen and oxygen atoms in total. The van der Waals surface area contributed by atoms with Gasteiger partial charge in [0.15, 0.2) is 5.96 Å². The van der Waals surface area contributed by atoms with Gasteiger partial charge in [0.2, 0.25) is 5.91 Å². The number of rotatable bonds is 7. The van der Waals surface area contributed by atoms with E-state index in [0.717, 1.165) is 63.8 Å². The van der Waals surface area contributed by atoms with E-state index in [4.69, 9.17) is 5.41 Å². The molecule has 2 aliphatic heterocycles. The normalized spacial score (nSPS) is 35.6. The van der Waals surface area contributed by atoms with Gasteiger partial charge in [-0.05, 0) is 50.4 Å². The largest absolute Gasteiger partial charge is 0.355 e. The number of hydrogen-bond donors (Lipinski definition) is 4. The summed E-state index contributed by atoms with van der Waals surface area (Å²) in [6, 6.07) is 0.293. The lowest BCUT2D eigenvalue weighted by atomic mass is 9.74. The topological polar surface area (TPSA) is 97.3 Å². The molecule has 0 aromatic heterocycles. The Labute approximate surface area is 180 Å². The molecular formula is C23H39N5O2. The van der Waals surface area contributed by atoms with E-state index in [1.165, 1.54) is 37.0 Å². The van der Waals surface area contributed by atoms with E-state index in [1.807, 2.05) is 0 Å². The molecule has 4 fully saturated rings. The van der Waals surface area contributed by atoms with Crippen molar-refractivity contribution < 1.29 is 9.59 Å². The summed E-state index contributed by atoms with van der Waals surface area (Å²) in [5, 5.41) is 18.0. The van der Waals surface area contributed by atoms with Crippen molar-refractivity contribution in [3.05, 3.63) is 0 Å². The number of carbonyl (C=O) groups excluding carboxylic acids is 2. The molecule has 4 aliphatic rings. The highest BCUT2D eigenvalue weighted by Crippen LogP contribution is 2.38. The Bertz CT molecular complexity index is 662. The third-order valence-corrected chi connectivity index (χ3v) is 8.02. The predicted octanol–water partition coefficient (Wildman–Crippen LogP) is 2.51. The van der Waals surface area contributed by atoms with Crippen LogP contribution in [-0.4, -0.2) is 53.9 Å². The minimum Gasteiger partial charge on any atom is -0.355 e. The molecule has 7 heteroatoms. The highest BCUT2D eigenvalue weighted by atomic mass is 16.2. The number of amides is 2. The maximum absolute atomic E-state index is 13.2. The maximum Gasteiger partial charge on any atom is 0.254 e. The zero-order valence-electron chi connectivity index (χ0n) is 18.5. The van der Waals surface area contributed by atoms with Crippen LogP contribution in [0.15, 0.2) is 0 Å². The molecule has 30 heavy (non-hydrogen) atoms. The van der Waals surface area contributed by atoms with Gasteiger partial charge < -0.3 is 16.0 Å². The van der Waals surface area contributed by atoms with Crippen molar-refractivity contribution in [1.82, 2.24) is 20.9 Å². The van der Waals surface area contributed by atoms with E-state index in [2.05, 4.69) is 16.0 Å². The second-order valence-corrected chi connectivity index (χ2v) is 10.2. The first-order valence-electron chi connectivity index (χ1n) is 12.2. The molecule has 2 amide bonds. The maximum atomic E-state index is 13.2. The highest BCUT2D eigenvalue weighted by Gasteiger charge is 2.49. The molecule has 4 N–H and O–H groups in total. The van der Waals surface area contributed by atoms with Crippen molar-refractivity contribution >= 4 is 17.8 Å². The number of guanidine groups is 1. The van der Waals surface area contributed by atoms with Crippen LogP contribution in [-0.2, 0) is 9.59 Å². The summed E-state index contributed by atoms with van der Waals surface area (Å²) in [5.41, 5.74) is -0.611. The van der Waals surface area contributed by atoms with Crippen molar-refractivity contribution in [3.63, 3.8) is 0 Å². The van der Waals surface area contributed by atoms with E-state index in [1.54, 1.807) is 7.05 Å². The summed E-state index contributed by atoms with van der Waals surface area (Å²) in [7, 11) is 1.73. The van der Waals surface area contributed by atoms with Crippen molar-refractivity contribution in [1.29, 1.82) is 5.41 Å². The monoisotopic (exact) mass is 417 g/mol. The van der Waals surface area contributed by atoms with Gasteiger partial charge in [-0.2, -0.15) is 0 Å². The van der Waals surface area contributed by atoms with Crippen LogP contribution in [0.5, 0.6) is 0 Å². The minimum atomic E-state index is -0.611. The SMILES string of the molecule is CN1C(=N)N[C@](CCC2CCCCC2)(C[C@@H]2CCC[C@@H](N[C@H]3CCNC3=O)C2)C1=O. The zero-order chi connectivity index (χ0) is 21.1. The fourth-order valence-corrected chi connectivity index (χ4v) is 6.28. The second kappa shape index (κ2) is 9.25. The molecule has 0 radical (unpaired) electrons. The van der Waals surface area contributed by atoms with E-state index in [9.17, 15) is 9.59 Å². The predicted molar refractivity (Wildman–Crippen MR) is 117 cm³/mol. The van der Waals surface area contributed by atoms with Crippen molar-refractivity contribution in [2.75, 3.05) is 13.6 Å². The van der Waals surface area contributed by atoms with Gasteiger partial charge in [0.25, 0.3) is 5.91 Å². The number of hydrogen-bond acceptors (Lipinski definition) is 4. The summed E-state index contributed by atoms with van der Waals surface area (Å²) in [4.78, 5) is 26.7. The van der Waals surface area contributed by atoms with Crippen LogP contribution >= 0.6 is 0 Å². The minimum absolute atomic E-state index is 0.0560. The third-order valence-electron chi connectivity index (χ3n) is 8.02. The first-order chi connectivity index (χ1) is 14.5. The van der Waals surface area contributed by atoms with Crippen molar-refractivity contribution in [2.45, 2.75) is 101 Å². The molecule has 4 atom stereocenters. The molecule has 168 valence electrons. The lowest BCUT2D eigenvalue weighted by Gasteiger charge is -2.37. The molecule has 0 aromatic rings. The standard InChI is InChI=1S/C23H39N5O2/c1-28-21(30)23(27-22(28)24,12-10-16-6-3-2-4-7-16)15-17-8-5-9-18(14-17)26-19-11-13-25-20(19)29/h16-19,26H,2-15H2,1H3,(H2,24,27)(H,25,29)/t17-,18-,19+,23-/m1/s1. The Morgan fingerprint density at radius 1 is 1.07 bits per heavy atom. The van der Waals surface area contributed by atoms with Gasteiger partial charge in [-0.1, -0.05) is 44.9 Å². The van der Waals surface area contributed by atoms with Crippen molar-refractivity contribution in [3.8, 4) is 0 Å². The molecule has 0 spiro atoms. The van der Waals surface area contributed by atoms with Crippen LogP contribution in [0.1, 0.15) is 83.5 Å². The molecule has 2 heterocycles. The van der Waals surface area contributed by atoms with Gasteiger partial charge in [0, 0.05) is 19.6 Å². The van der Waals surface area contributed by atoms with E-state index in [0.29, 0.717) is 12.0 Å². The van der Waals surface area contributed by atoms with Crippen LogP contribution in [0.25, 0.3) is 0 Å². The first-order valence-corrected chi connectivity index (χ1v) is 12.2. The van der Waals surface area contributed by atoms with Gasteiger partial charge in [-0.3, -0.25) is 19.9 Å². The van der Waals surface area contributed by atoms with Gasteiger partial charge in [0.1, 0.15) is 5.54 Å². The average Bonchev–Trinajstić information content (AvgIpc) is 3.24. The summed E-state index contributed by atoms with van der Waals surface area (Å²) >= 11 is 0. The van der Waals surface area contributed by atoms with Gasteiger partial charge in [-0.25, -0.2) is 0 Å². The molecule has 2 aliphatic carbocycles. The number of carbonyl (C=O) groups is 2. The van der Waals surface area contributed by atoms with Gasteiger partial charge in [-0.15, -0.1) is 0 Å². The van der Waals surface area contributed by atoms with Crippen LogP contribution in [0, 0.1) is 17.2 Å². The quantitative estimate of drug-likeness (QED) is 0.512. The van der Waals surface area contributed by atoms with E-state index >= 15 is 0 Å². The van der Waals surface area contributed by atoms with Crippen LogP contribution < -0.4 is 16.0 Å². The molecule has 4 rings (SSSR count). The Hall–Kier alpha value is -1.63. The third kappa shape index (κ3) is 4.66. The fourth-order valence-electron chi connectivity index (χ4n) is 6.28. The summed E-state index contributed by atoms with van der Waals surface area (Å²) in [5.74, 6) is 1.63. The summed E-state index contributed by atoms with van der Waals surface area (Å²) in [6.07, 6.45) is 14.5. The Morgan fingerprint density at radius 3 is 2.50 bits per heavy atom. The van der Waals surface area contributed by atoms with Crippen LogP contribution in [0.3, 0.4) is 0 Å².